The molecule has 1 aromatic carbocycles. The maximum absolute atomic E-state index is 12.8. The highest BCUT2D eigenvalue weighted by atomic mass is 19.3. The first kappa shape index (κ1) is 15.9. The highest BCUT2D eigenvalue weighted by Gasteiger charge is 2.19. The number of amides is 1. The molecule has 0 aliphatic heterocycles. The molecule has 1 aromatic heterocycles. The van der Waals surface area contributed by atoms with Gasteiger partial charge in [0.05, 0.1) is 12.1 Å². The summed E-state index contributed by atoms with van der Waals surface area (Å²) >= 11 is 0. The fourth-order valence-corrected chi connectivity index (χ4v) is 2.29. The standard InChI is InChI=1S/C15H17F2N3O2/c1-8-6-11(21)4-5-13(8)18-14(22)7-12-9(2)19-20(10(12)3)15(16)17/h4-6,15,21H,7H2,1-3H3,(H,18,22). The molecule has 1 heterocycles. The number of alkyl halides is 2. The lowest BCUT2D eigenvalue weighted by molar-refractivity contribution is -0.115. The Balaban J connectivity index is 2.16. The predicted molar refractivity (Wildman–Crippen MR) is 78.1 cm³/mol. The number of phenols is 1. The van der Waals surface area contributed by atoms with Gasteiger partial charge >= 0.3 is 6.55 Å². The normalized spacial score (nSPS) is 11.0. The molecule has 118 valence electrons. The number of benzene rings is 1. The van der Waals surface area contributed by atoms with Crippen LogP contribution in [0.25, 0.3) is 0 Å². The Morgan fingerprint density at radius 3 is 2.59 bits per heavy atom. The Kier molecular flexibility index (Phi) is 4.44. The summed E-state index contributed by atoms with van der Waals surface area (Å²) in [5.74, 6) is -0.214. The second-order valence-corrected chi connectivity index (χ2v) is 5.10. The molecule has 0 atom stereocenters. The summed E-state index contributed by atoms with van der Waals surface area (Å²) in [6.45, 7) is 2.14. The van der Waals surface area contributed by atoms with Crippen molar-refractivity contribution in [3.63, 3.8) is 0 Å². The van der Waals surface area contributed by atoms with Crippen LogP contribution < -0.4 is 5.32 Å². The molecule has 0 unspecified atom stereocenters. The smallest absolute Gasteiger partial charge is 0.333 e. The van der Waals surface area contributed by atoms with Gasteiger partial charge in [-0.25, -0.2) is 4.68 Å². The summed E-state index contributed by atoms with van der Waals surface area (Å²) in [7, 11) is 0. The zero-order valence-electron chi connectivity index (χ0n) is 12.5. The highest BCUT2D eigenvalue weighted by molar-refractivity contribution is 5.93. The van der Waals surface area contributed by atoms with Gasteiger partial charge in [0.2, 0.25) is 5.91 Å². The van der Waals surface area contributed by atoms with Gasteiger partial charge in [0.1, 0.15) is 5.75 Å². The Hall–Kier alpha value is -2.44. The highest BCUT2D eigenvalue weighted by Crippen LogP contribution is 2.22. The first-order valence-corrected chi connectivity index (χ1v) is 6.71. The quantitative estimate of drug-likeness (QED) is 0.853. The second-order valence-electron chi connectivity index (χ2n) is 5.10. The van der Waals surface area contributed by atoms with E-state index in [1.807, 2.05) is 0 Å². The van der Waals surface area contributed by atoms with Gasteiger partial charge in [0, 0.05) is 16.9 Å². The van der Waals surface area contributed by atoms with Crippen LogP contribution in [0.2, 0.25) is 0 Å². The molecule has 0 fully saturated rings. The van der Waals surface area contributed by atoms with E-state index in [-0.39, 0.29) is 23.8 Å². The molecule has 0 aliphatic rings. The molecule has 0 saturated heterocycles. The summed E-state index contributed by atoms with van der Waals surface area (Å²) in [5, 5.41) is 15.8. The van der Waals surface area contributed by atoms with E-state index in [4.69, 9.17) is 0 Å². The molecule has 5 nitrogen and oxygen atoms in total. The molecule has 0 bridgehead atoms. The van der Waals surface area contributed by atoms with Crippen molar-refractivity contribution in [2.45, 2.75) is 33.7 Å². The van der Waals surface area contributed by atoms with Gasteiger partial charge in [0.15, 0.2) is 0 Å². The van der Waals surface area contributed by atoms with Gasteiger partial charge in [0.25, 0.3) is 0 Å². The number of nitrogens with one attached hydrogen (secondary N) is 1. The number of halogens is 2. The summed E-state index contributed by atoms with van der Waals surface area (Å²) in [4.78, 5) is 12.1. The van der Waals surface area contributed by atoms with Gasteiger partial charge in [-0.1, -0.05) is 0 Å². The third-order valence-electron chi connectivity index (χ3n) is 3.48. The number of aromatic hydroxyl groups is 1. The molecule has 22 heavy (non-hydrogen) atoms. The number of aromatic nitrogens is 2. The average molecular weight is 309 g/mol. The van der Waals surface area contributed by atoms with Crippen molar-refractivity contribution >= 4 is 11.6 Å². The number of phenolic OH excluding ortho intramolecular Hbond substituents is 1. The van der Waals surface area contributed by atoms with Gasteiger partial charge in [-0.15, -0.1) is 0 Å². The van der Waals surface area contributed by atoms with Gasteiger partial charge < -0.3 is 10.4 Å². The Morgan fingerprint density at radius 1 is 1.36 bits per heavy atom. The van der Waals surface area contributed by atoms with E-state index in [1.54, 1.807) is 19.9 Å². The molecule has 0 saturated carbocycles. The van der Waals surface area contributed by atoms with Crippen molar-refractivity contribution in [3.05, 3.63) is 40.7 Å². The molecule has 1 amide bonds. The van der Waals surface area contributed by atoms with Crippen LogP contribution in [0.4, 0.5) is 14.5 Å². The minimum Gasteiger partial charge on any atom is -0.508 e. The van der Waals surface area contributed by atoms with E-state index in [1.165, 1.54) is 19.1 Å². The van der Waals surface area contributed by atoms with E-state index < -0.39 is 6.55 Å². The number of aryl methyl sites for hydroxylation is 2. The molecular weight excluding hydrogens is 292 g/mol. The van der Waals surface area contributed by atoms with Crippen molar-refractivity contribution in [1.29, 1.82) is 0 Å². The van der Waals surface area contributed by atoms with Crippen LogP contribution in [0.1, 0.15) is 29.1 Å². The van der Waals surface area contributed by atoms with Crippen LogP contribution in [0, 0.1) is 20.8 Å². The molecule has 2 aromatic rings. The maximum atomic E-state index is 12.8. The number of nitrogens with zero attached hydrogens (tertiary/aromatic N) is 2. The van der Waals surface area contributed by atoms with Crippen LogP contribution in [-0.2, 0) is 11.2 Å². The second kappa shape index (κ2) is 6.13. The van der Waals surface area contributed by atoms with E-state index in [2.05, 4.69) is 10.4 Å². The monoisotopic (exact) mass is 309 g/mol. The van der Waals surface area contributed by atoms with Gasteiger partial charge in [-0.05, 0) is 44.5 Å². The summed E-state index contributed by atoms with van der Waals surface area (Å²) < 4.78 is 26.2. The number of hydrogen-bond donors (Lipinski definition) is 2. The molecular formula is C15H17F2N3O2. The van der Waals surface area contributed by atoms with E-state index in [9.17, 15) is 18.7 Å². The van der Waals surface area contributed by atoms with Crippen molar-refractivity contribution in [2.24, 2.45) is 0 Å². The van der Waals surface area contributed by atoms with Gasteiger partial charge in [-0.3, -0.25) is 4.79 Å². The fourth-order valence-electron chi connectivity index (χ4n) is 2.29. The number of anilines is 1. The van der Waals surface area contributed by atoms with Crippen LogP contribution in [0.15, 0.2) is 18.2 Å². The number of carbonyl (C=O) groups excluding carboxylic acids is 1. The summed E-state index contributed by atoms with van der Waals surface area (Å²) in [5.41, 5.74) is 2.47. The lowest BCUT2D eigenvalue weighted by atomic mass is 10.1. The third-order valence-corrected chi connectivity index (χ3v) is 3.48. The topological polar surface area (TPSA) is 67.2 Å². The maximum Gasteiger partial charge on any atom is 0.333 e. The van der Waals surface area contributed by atoms with Crippen LogP contribution >= 0.6 is 0 Å². The van der Waals surface area contributed by atoms with Crippen molar-refractivity contribution in [2.75, 3.05) is 5.32 Å². The third kappa shape index (κ3) is 3.24. The van der Waals surface area contributed by atoms with E-state index >= 15 is 0 Å². The Bertz CT molecular complexity index is 711. The number of hydrogen-bond acceptors (Lipinski definition) is 3. The minimum atomic E-state index is -2.73. The fraction of sp³-hybridized carbons (Fsp3) is 0.333. The average Bonchev–Trinajstić information content (AvgIpc) is 2.70. The Labute approximate surface area is 126 Å². The minimum absolute atomic E-state index is 0.0370. The molecule has 0 aliphatic carbocycles. The van der Waals surface area contributed by atoms with Crippen LogP contribution in [0.3, 0.4) is 0 Å². The first-order valence-electron chi connectivity index (χ1n) is 6.71. The van der Waals surface area contributed by atoms with E-state index in [0.29, 0.717) is 27.2 Å². The Morgan fingerprint density at radius 2 is 2.05 bits per heavy atom. The zero-order chi connectivity index (χ0) is 16.4. The molecule has 7 heteroatoms. The largest absolute Gasteiger partial charge is 0.508 e. The van der Waals surface area contributed by atoms with Crippen LogP contribution in [-0.4, -0.2) is 20.8 Å². The molecule has 2 rings (SSSR count). The number of carbonyl (C=O) groups is 1. The zero-order valence-corrected chi connectivity index (χ0v) is 12.5. The van der Waals surface area contributed by atoms with Crippen molar-refractivity contribution in [3.8, 4) is 5.75 Å². The van der Waals surface area contributed by atoms with Crippen molar-refractivity contribution < 1.29 is 18.7 Å². The van der Waals surface area contributed by atoms with E-state index in [0.717, 1.165) is 0 Å². The molecule has 2 N–H and O–H groups in total. The molecule has 0 radical (unpaired) electrons. The predicted octanol–water partition coefficient (Wildman–Crippen LogP) is 3.09. The lowest BCUT2D eigenvalue weighted by Crippen LogP contribution is -2.16. The summed E-state index contributed by atoms with van der Waals surface area (Å²) in [6.07, 6.45) is -0.0370. The SMILES string of the molecule is Cc1cc(O)ccc1NC(=O)Cc1c(C)nn(C(F)F)c1C. The van der Waals surface area contributed by atoms with Crippen LogP contribution in [0.5, 0.6) is 5.75 Å². The lowest BCUT2D eigenvalue weighted by Gasteiger charge is -2.09. The summed E-state index contributed by atoms with van der Waals surface area (Å²) in [6, 6.07) is 4.58. The first-order chi connectivity index (χ1) is 10.3. The number of rotatable bonds is 4. The molecule has 0 spiro atoms. The van der Waals surface area contributed by atoms with Gasteiger partial charge in [-0.2, -0.15) is 13.9 Å². The van der Waals surface area contributed by atoms with Crippen molar-refractivity contribution in [1.82, 2.24) is 9.78 Å².